The lowest BCUT2D eigenvalue weighted by Gasteiger charge is -2.17. The summed E-state index contributed by atoms with van der Waals surface area (Å²) in [5, 5.41) is 0. The fourth-order valence-corrected chi connectivity index (χ4v) is 1.41. The molecule has 0 bridgehead atoms. The zero-order chi connectivity index (χ0) is 12.9. The number of benzene rings is 1. The van der Waals surface area contributed by atoms with Crippen molar-refractivity contribution in [2.45, 2.75) is 46.1 Å². The summed E-state index contributed by atoms with van der Waals surface area (Å²) in [5.41, 5.74) is 1.09. The van der Waals surface area contributed by atoms with Crippen molar-refractivity contribution < 1.29 is 14.6 Å². The monoisotopic (exact) mass is 236 g/mol. The summed E-state index contributed by atoms with van der Waals surface area (Å²) in [6.45, 7) is 7.57. The summed E-state index contributed by atoms with van der Waals surface area (Å²) in [6.07, 6.45) is 1.85. The second kappa shape index (κ2) is 5.82. The van der Waals surface area contributed by atoms with Gasteiger partial charge in [0, 0.05) is 0 Å². The number of rotatable bonds is 4. The van der Waals surface area contributed by atoms with E-state index in [1.807, 2.05) is 39.0 Å². The second-order valence-corrected chi connectivity index (χ2v) is 4.97. The first-order valence-electron chi connectivity index (χ1n) is 5.92. The molecule has 0 amide bonds. The van der Waals surface area contributed by atoms with Crippen molar-refractivity contribution in [3.63, 3.8) is 0 Å². The van der Waals surface area contributed by atoms with E-state index in [9.17, 15) is 4.79 Å². The Kier molecular flexibility index (Phi) is 4.70. The van der Waals surface area contributed by atoms with Crippen LogP contribution < -0.4 is 0 Å². The molecule has 0 unspecified atom stereocenters. The molecule has 0 radical (unpaired) electrons. The maximum Gasteiger partial charge on any atom is 0.373 e. The van der Waals surface area contributed by atoms with E-state index in [1.54, 1.807) is 6.07 Å². The van der Waals surface area contributed by atoms with Gasteiger partial charge < -0.3 is 0 Å². The predicted octanol–water partition coefficient (Wildman–Crippen LogP) is 3.53. The molecule has 94 valence electrons. The zero-order valence-electron chi connectivity index (χ0n) is 10.9. The summed E-state index contributed by atoms with van der Waals surface area (Å²) >= 11 is 0. The molecular formula is C14H20O3. The highest BCUT2D eigenvalue weighted by atomic mass is 17.2. The molecule has 1 aromatic carbocycles. The molecule has 0 saturated carbocycles. The van der Waals surface area contributed by atoms with Gasteiger partial charge in [-0.25, -0.2) is 4.79 Å². The van der Waals surface area contributed by atoms with Crippen LogP contribution >= 0.6 is 0 Å². The van der Waals surface area contributed by atoms with E-state index >= 15 is 0 Å². The average Bonchev–Trinajstić information content (AvgIpc) is 2.26. The van der Waals surface area contributed by atoms with Crippen LogP contribution in [-0.2, 0) is 16.2 Å². The van der Waals surface area contributed by atoms with Crippen molar-refractivity contribution in [3.05, 3.63) is 35.4 Å². The van der Waals surface area contributed by atoms with Crippen LogP contribution in [0.3, 0.4) is 0 Å². The molecule has 0 aromatic heterocycles. The lowest BCUT2D eigenvalue weighted by molar-refractivity contribution is -0.301. The smallest absolute Gasteiger partial charge is 0.292 e. The molecule has 0 aliphatic rings. The molecule has 17 heavy (non-hydrogen) atoms. The van der Waals surface area contributed by atoms with Crippen LogP contribution in [0.2, 0.25) is 0 Å². The van der Waals surface area contributed by atoms with E-state index in [4.69, 9.17) is 9.78 Å². The Morgan fingerprint density at radius 1 is 1.24 bits per heavy atom. The number of aryl methyl sites for hydroxylation is 1. The molecule has 0 spiro atoms. The summed E-state index contributed by atoms with van der Waals surface area (Å²) in [5.74, 6) is -0.427. The van der Waals surface area contributed by atoms with Gasteiger partial charge in [-0.1, -0.05) is 31.5 Å². The molecule has 0 heterocycles. The van der Waals surface area contributed by atoms with Crippen LogP contribution in [0.1, 0.15) is 50.0 Å². The number of carbonyl (C=O) groups is 1. The van der Waals surface area contributed by atoms with Gasteiger partial charge in [-0.3, -0.25) is 4.89 Å². The predicted molar refractivity (Wildman–Crippen MR) is 66.7 cm³/mol. The Morgan fingerprint density at radius 3 is 2.47 bits per heavy atom. The van der Waals surface area contributed by atoms with Gasteiger partial charge in [0.1, 0.15) is 5.60 Å². The highest BCUT2D eigenvalue weighted by Gasteiger charge is 2.18. The van der Waals surface area contributed by atoms with Crippen LogP contribution in [0.15, 0.2) is 24.3 Å². The standard InChI is InChI=1S/C14H20O3/c1-5-8-11-9-6-7-10-12(11)13(15)16-17-14(2,3)4/h6-7,9-10H,5,8H2,1-4H3. The molecule has 3 nitrogen and oxygen atoms in total. The largest absolute Gasteiger partial charge is 0.373 e. The van der Waals surface area contributed by atoms with Crippen molar-refractivity contribution >= 4 is 5.97 Å². The average molecular weight is 236 g/mol. The molecule has 1 aromatic rings. The zero-order valence-corrected chi connectivity index (χ0v) is 10.9. The fourth-order valence-electron chi connectivity index (χ4n) is 1.41. The van der Waals surface area contributed by atoms with Crippen molar-refractivity contribution in [2.24, 2.45) is 0 Å². The SMILES string of the molecule is CCCc1ccccc1C(=O)OOC(C)(C)C. The lowest BCUT2D eigenvalue weighted by Crippen LogP contribution is -2.22. The summed E-state index contributed by atoms with van der Waals surface area (Å²) in [4.78, 5) is 21.7. The van der Waals surface area contributed by atoms with Crippen LogP contribution in [0.25, 0.3) is 0 Å². The Hall–Kier alpha value is -1.35. The molecule has 0 atom stereocenters. The normalized spacial score (nSPS) is 11.3. The quantitative estimate of drug-likeness (QED) is 0.592. The number of carbonyl (C=O) groups excluding carboxylic acids is 1. The Morgan fingerprint density at radius 2 is 1.88 bits per heavy atom. The van der Waals surface area contributed by atoms with Gasteiger partial charge in [-0.15, -0.1) is 0 Å². The first-order valence-corrected chi connectivity index (χ1v) is 5.92. The fraction of sp³-hybridized carbons (Fsp3) is 0.500. The van der Waals surface area contributed by atoms with Crippen LogP contribution in [-0.4, -0.2) is 11.6 Å². The van der Waals surface area contributed by atoms with Gasteiger partial charge in [0.25, 0.3) is 0 Å². The minimum Gasteiger partial charge on any atom is -0.292 e. The second-order valence-electron chi connectivity index (χ2n) is 4.97. The maximum absolute atomic E-state index is 11.8. The Bertz CT molecular complexity index is 377. The van der Waals surface area contributed by atoms with Crippen molar-refractivity contribution in [1.82, 2.24) is 0 Å². The minimum absolute atomic E-state index is 0.427. The van der Waals surface area contributed by atoms with E-state index in [0.29, 0.717) is 5.56 Å². The van der Waals surface area contributed by atoms with Crippen LogP contribution in [0.5, 0.6) is 0 Å². The summed E-state index contributed by atoms with van der Waals surface area (Å²) in [7, 11) is 0. The third-order valence-electron chi connectivity index (χ3n) is 2.12. The molecule has 0 aliphatic heterocycles. The van der Waals surface area contributed by atoms with Crippen LogP contribution in [0, 0.1) is 0 Å². The molecule has 0 N–H and O–H groups in total. The van der Waals surface area contributed by atoms with Crippen LogP contribution in [0.4, 0.5) is 0 Å². The van der Waals surface area contributed by atoms with Gasteiger partial charge in [0.2, 0.25) is 0 Å². The number of hydrogen-bond donors (Lipinski definition) is 0. The maximum atomic E-state index is 11.8. The topological polar surface area (TPSA) is 35.5 Å². The van der Waals surface area contributed by atoms with E-state index in [0.717, 1.165) is 18.4 Å². The summed E-state index contributed by atoms with van der Waals surface area (Å²) < 4.78 is 0. The van der Waals surface area contributed by atoms with E-state index in [2.05, 4.69) is 6.92 Å². The van der Waals surface area contributed by atoms with E-state index in [1.165, 1.54) is 0 Å². The van der Waals surface area contributed by atoms with Gasteiger partial charge in [0.05, 0.1) is 5.56 Å². The van der Waals surface area contributed by atoms with Crippen molar-refractivity contribution in [1.29, 1.82) is 0 Å². The highest BCUT2D eigenvalue weighted by Crippen LogP contribution is 2.15. The minimum atomic E-state index is -0.491. The molecule has 3 heteroatoms. The van der Waals surface area contributed by atoms with E-state index < -0.39 is 11.6 Å². The molecule has 0 aliphatic carbocycles. The van der Waals surface area contributed by atoms with Gasteiger partial charge in [0.15, 0.2) is 0 Å². The Labute approximate surface area is 103 Å². The highest BCUT2D eigenvalue weighted by molar-refractivity contribution is 5.90. The number of hydrogen-bond acceptors (Lipinski definition) is 3. The van der Waals surface area contributed by atoms with Crippen molar-refractivity contribution in [2.75, 3.05) is 0 Å². The third-order valence-corrected chi connectivity index (χ3v) is 2.12. The van der Waals surface area contributed by atoms with E-state index in [-0.39, 0.29) is 0 Å². The third kappa shape index (κ3) is 4.57. The summed E-state index contributed by atoms with van der Waals surface area (Å²) in [6, 6.07) is 7.45. The van der Waals surface area contributed by atoms with Crippen molar-refractivity contribution in [3.8, 4) is 0 Å². The molecule has 1 rings (SSSR count). The first-order chi connectivity index (χ1) is 7.94. The Balaban J connectivity index is 2.74. The van der Waals surface area contributed by atoms with Gasteiger partial charge >= 0.3 is 5.97 Å². The molecular weight excluding hydrogens is 216 g/mol. The molecule has 0 fully saturated rings. The first kappa shape index (κ1) is 13.7. The van der Waals surface area contributed by atoms with Gasteiger partial charge in [-0.2, -0.15) is 4.89 Å². The molecule has 0 saturated heterocycles. The lowest BCUT2D eigenvalue weighted by atomic mass is 10.0. The van der Waals surface area contributed by atoms with Gasteiger partial charge in [-0.05, 0) is 38.8 Å².